The van der Waals surface area contributed by atoms with Crippen molar-refractivity contribution in [2.45, 2.75) is 85.5 Å². The Kier molecular flexibility index (Phi) is 9.18. The van der Waals surface area contributed by atoms with Crippen LogP contribution in [0.15, 0.2) is 0 Å². The average molecular weight is 504 g/mol. The van der Waals surface area contributed by atoms with Crippen molar-refractivity contribution in [1.82, 2.24) is 0 Å². The monoisotopic (exact) mass is 504 g/mol. The number of aliphatic hydroxyl groups is 11. The minimum atomic E-state index is -2.41. The van der Waals surface area contributed by atoms with Crippen LogP contribution in [0.2, 0.25) is 0 Å². The van der Waals surface area contributed by atoms with Gasteiger partial charge in [0.05, 0.1) is 19.8 Å². The zero-order chi connectivity index (χ0) is 25.4. The zero-order valence-electron chi connectivity index (χ0n) is 17.8. The lowest BCUT2D eigenvalue weighted by molar-refractivity contribution is -0.385. The van der Waals surface area contributed by atoms with E-state index in [1.165, 1.54) is 0 Å². The van der Waals surface area contributed by atoms with Crippen molar-refractivity contribution in [2.75, 3.05) is 26.4 Å². The van der Waals surface area contributed by atoms with Crippen molar-refractivity contribution in [2.24, 2.45) is 0 Å². The molecule has 3 saturated heterocycles. The fourth-order valence-corrected chi connectivity index (χ4v) is 4.01. The molecule has 16 nitrogen and oxygen atoms in total. The molecule has 0 aliphatic carbocycles. The lowest BCUT2D eigenvalue weighted by Crippen LogP contribution is -2.62. The zero-order valence-corrected chi connectivity index (χ0v) is 17.8. The van der Waals surface area contributed by atoms with Crippen LogP contribution >= 0.6 is 0 Å². The van der Waals surface area contributed by atoms with Crippen LogP contribution in [-0.2, 0) is 23.7 Å². The normalized spacial score (nSPS) is 52.1. The van der Waals surface area contributed by atoms with Gasteiger partial charge in [-0.25, -0.2) is 0 Å². The molecule has 0 unspecified atom stereocenters. The molecule has 3 fully saturated rings. The molecule has 3 heterocycles. The van der Waals surface area contributed by atoms with Crippen LogP contribution in [0.1, 0.15) is 0 Å². The summed E-state index contributed by atoms with van der Waals surface area (Å²) in [6, 6.07) is 0. The predicted molar refractivity (Wildman–Crippen MR) is 101 cm³/mol. The molecular formula is C18H32O16. The fourth-order valence-electron chi connectivity index (χ4n) is 4.01. The van der Waals surface area contributed by atoms with Gasteiger partial charge >= 0.3 is 0 Å². The van der Waals surface area contributed by atoms with E-state index in [0.717, 1.165) is 0 Å². The summed E-state index contributed by atoms with van der Waals surface area (Å²) < 4.78 is 26.4. The number of rotatable bonds is 8. The molecule has 14 atom stereocenters. The second-order valence-corrected chi connectivity index (χ2v) is 8.41. The number of hydrogen-bond donors (Lipinski definition) is 11. The highest BCUT2D eigenvalue weighted by Crippen LogP contribution is 2.36. The van der Waals surface area contributed by atoms with Crippen LogP contribution in [0.25, 0.3) is 0 Å². The standard InChI is InChI=1S/C18H32O16/c19-1-5-8(22)11(25)13(27)16(31-5)30-3-7-10(24)15(29)18(4-21,33-7)34-17-14(28)12(26)9(23)6(2-20)32-17/h5-17,19-29H,1-4H2/t5-,6-,7-,8-,9-,10-,11+,12+,13-,14-,15+,16+,17-,18+/m1/s1. The molecule has 34 heavy (non-hydrogen) atoms. The maximum Gasteiger partial charge on any atom is 0.224 e. The van der Waals surface area contributed by atoms with Crippen LogP contribution < -0.4 is 0 Å². The van der Waals surface area contributed by atoms with Crippen LogP contribution in [0.4, 0.5) is 0 Å². The third-order valence-corrected chi connectivity index (χ3v) is 6.16. The second kappa shape index (κ2) is 11.2. The predicted octanol–water partition coefficient (Wildman–Crippen LogP) is -7.57. The van der Waals surface area contributed by atoms with Crippen molar-refractivity contribution < 1.29 is 79.9 Å². The van der Waals surface area contributed by atoms with Gasteiger partial charge in [-0.15, -0.1) is 0 Å². The SMILES string of the molecule is OC[C@H]1O[C@H](O[C@]2(CO)O[C@H](CO[C@H]3O[C@H](CO)[C@@H](O)[C@H](O)[C@H]3O)[C@@H](O)[C@@H]2O)[C@H](O)[C@@H](O)[C@@H]1O. The maximum absolute atomic E-state index is 10.5. The molecule has 0 spiro atoms. The van der Waals surface area contributed by atoms with E-state index in [1.807, 2.05) is 0 Å². The van der Waals surface area contributed by atoms with Crippen LogP contribution in [0, 0.1) is 0 Å². The Labute approximate surface area is 192 Å². The van der Waals surface area contributed by atoms with Gasteiger partial charge < -0.3 is 79.9 Å². The quantitative estimate of drug-likeness (QED) is 0.146. The number of hydrogen-bond acceptors (Lipinski definition) is 16. The first-order valence-electron chi connectivity index (χ1n) is 10.6. The van der Waals surface area contributed by atoms with E-state index in [0.29, 0.717) is 0 Å². The van der Waals surface area contributed by atoms with Gasteiger partial charge in [0.1, 0.15) is 73.8 Å². The van der Waals surface area contributed by atoms with Gasteiger partial charge in [-0.1, -0.05) is 0 Å². The third-order valence-electron chi connectivity index (χ3n) is 6.16. The topological polar surface area (TPSA) is 269 Å². The van der Waals surface area contributed by atoms with Gasteiger partial charge in [0.2, 0.25) is 5.79 Å². The average Bonchev–Trinajstić information content (AvgIpc) is 3.07. The van der Waals surface area contributed by atoms with E-state index >= 15 is 0 Å². The molecular weight excluding hydrogens is 472 g/mol. The van der Waals surface area contributed by atoms with Crippen molar-refractivity contribution in [3.63, 3.8) is 0 Å². The minimum absolute atomic E-state index is 0.610. The Bertz CT molecular complexity index is 651. The van der Waals surface area contributed by atoms with E-state index in [-0.39, 0.29) is 0 Å². The lowest BCUT2D eigenvalue weighted by atomic mass is 9.99. The van der Waals surface area contributed by atoms with Crippen LogP contribution in [0.5, 0.6) is 0 Å². The molecule has 3 rings (SSSR count). The highest BCUT2D eigenvalue weighted by atomic mass is 16.8. The molecule has 0 radical (unpaired) electrons. The summed E-state index contributed by atoms with van der Waals surface area (Å²) in [6.07, 6.45) is -21.6. The first kappa shape index (κ1) is 27.9. The van der Waals surface area contributed by atoms with Gasteiger partial charge in [-0.2, -0.15) is 0 Å². The van der Waals surface area contributed by atoms with Gasteiger partial charge in [0, 0.05) is 0 Å². The Morgan fingerprint density at radius 3 is 1.59 bits per heavy atom. The first-order chi connectivity index (χ1) is 16.0. The highest BCUT2D eigenvalue weighted by Gasteiger charge is 2.59. The minimum Gasteiger partial charge on any atom is -0.394 e. The van der Waals surface area contributed by atoms with Crippen LogP contribution in [0.3, 0.4) is 0 Å². The van der Waals surface area contributed by atoms with Gasteiger partial charge in [0.25, 0.3) is 0 Å². The van der Waals surface area contributed by atoms with E-state index < -0.39 is 112 Å². The van der Waals surface area contributed by atoms with Crippen molar-refractivity contribution in [1.29, 1.82) is 0 Å². The van der Waals surface area contributed by atoms with Gasteiger partial charge in [-0.05, 0) is 0 Å². The largest absolute Gasteiger partial charge is 0.394 e. The summed E-state index contributed by atoms with van der Waals surface area (Å²) in [7, 11) is 0. The molecule has 0 amide bonds. The van der Waals surface area contributed by atoms with Gasteiger partial charge in [0.15, 0.2) is 12.6 Å². The first-order valence-corrected chi connectivity index (χ1v) is 10.6. The molecule has 3 aliphatic rings. The molecule has 0 bridgehead atoms. The van der Waals surface area contributed by atoms with E-state index in [1.54, 1.807) is 0 Å². The molecule has 0 aromatic carbocycles. The summed E-state index contributed by atoms with van der Waals surface area (Å²) >= 11 is 0. The molecule has 0 aromatic heterocycles. The summed E-state index contributed by atoms with van der Waals surface area (Å²) in [5, 5.41) is 109. The summed E-state index contributed by atoms with van der Waals surface area (Å²) in [5.74, 6) is -2.41. The molecule has 11 N–H and O–H groups in total. The van der Waals surface area contributed by atoms with Crippen LogP contribution in [-0.4, -0.2) is 168 Å². The Morgan fingerprint density at radius 2 is 1.09 bits per heavy atom. The summed E-state index contributed by atoms with van der Waals surface area (Å²) in [5.41, 5.74) is 0. The summed E-state index contributed by atoms with van der Waals surface area (Å²) in [6.45, 7) is -3.16. The Morgan fingerprint density at radius 1 is 0.588 bits per heavy atom. The molecule has 16 heteroatoms. The van der Waals surface area contributed by atoms with Crippen molar-refractivity contribution in [3.05, 3.63) is 0 Å². The van der Waals surface area contributed by atoms with E-state index in [9.17, 15) is 56.2 Å². The number of ether oxygens (including phenoxy) is 5. The van der Waals surface area contributed by atoms with E-state index in [4.69, 9.17) is 23.7 Å². The van der Waals surface area contributed by atoms with E-state index in [2.05, 4.69) is 0 Å². The third kappa shape index (κ3) is 5.09. The fraction of sp³-hybridized carbons (Fsp3) is 1.00. The highest BCUT2D eigenvalue weighted by molar-refractivity contribution is 4.99. The molecule has 3 aliphatic heterocycles. The molecule has 0 saturated carbocycles. The maximum atomic E-state index is 10.5. The molecule has 0 aromatic rings. The Hall–Kier alpha value is -0.640. The van der Waals surface area contributed by atoms with Crippen molar-refractivity contribution >= 4 is 0 Å². The lowest BCUT2D eigenvalue weighted by Gasteiger charge is -2.43. The number of aliphatic hydroxyl groups excluding tert-OH is 11. The van der Waals surface area contributed by atoms with Gasteiger partial charge in [-0.3, -0.25) is 0 Å². The summed E-state index contributed by atoms with van der Waals surface area (Å²) in [4.78, 5) is 0. The second-order valence-electron chi connectivity index (χ2n) is 8.41. The molecule has 200 valence electrons. The Balaban J connectivity index is 1.67. The smallest absolute Gasteiger partial charge is 0.224 e. The van der Waals surface area contributed by atoms with Crippen molar-refractivity contribution in [3.8, 4) is 0 Å².